The molecule has 1 aliphatic rings. The third kappa shape index (κ3) is 4.88. The Bertz CT molecular complexity index is 927. The Balaban J connectivity index is 1.91. The van der Waals surface area contributed by atoms with Gasteiger partial charge < -0.3 is 20.1 Å². The predicted octanol–water partition coefficient (Wildman–Crippen LogP) is 4.03. The Labute approximate surface area is 190 Å². The summed E-state index contributed by atoms with van der Waals surface area (Å²) in [5, 5.41) is 13.0. The normalized spacial score (nSPS) is 17.3. The summed E-state index contributed by atoms with van der Waals surface area (Å²) in [6, 6.07) is 15.6. The van der Waals surface area contributed by atoms with Crippen LogP contribution in [-0.2, 0) is 22.4 Å². The van der Waals surface area contributed by atoms with E-state index in [2.05, 4.69) is 24.1 Å². The molecule has 0 aliphatic heterocycles. The van der Waals surface area contributed by atoms with Gasteiger partial charge >= 0.3 is 6.09 Å². The first-order valence-corrected chi connectivity index (χ1v) is 11.2. The summed E-state index contributed by atoms with van der Waals surface area (Å²) in [4.78, 5) is 29.4. The van der Waals surface area contributed by atoms with Gasteiger partial charge in [0.25, 0.3) is 5.91 Å². The lowest BCUT2D eigenvalue weighted by Gasteiger charge is -2.44. The number of carboxylic acid groups (broad SMARTS) is 1. The van der Waals surface area contributed by atoms with Crippen LogP contribution >= 0.6 is 0 Å². The predicted molar refractivity (Wildman–Crippen MR) is 126 cm³/mol. The third-order valence-electron chi connectivity index (χ3n) is 6.35. The summed E-state index contributed by atoms with van der Waals surface area (Å²) < 4.78 is 5.14. The fraction of sp³-hybridized carbons (Fsp3) is 0.440. The van der Waals surface area contributed by atoms with Crippen LogP contribution in [0.3, 0.4) is 0 Å². The topological polar surface area (TPSA) is 82.1 Å². The Morgan fingerprint density at radius 1 is 1.06 bits per heavy atom. The third-order valence-corrected chi connectivity index (χ3v) is 6.35. The van der Waals surface area contributed by atoms with E-state index in [0.717, 1.165) is 29.9 Å². The van der Waals surface area contributed by atoms with Gasteiger partial charge in [-0.3, -0.25) is 9.69 Å². The molecular formula is C25H33N3O4. The molecule has 172 valence electrons. The molecule has 7 nitrogen and oxygen atoms in total. The minimum atomic E-state index is -1.20. The molecule has 32 heavy (non-hydrogen) atoms. The maximum absolute atomic E-state index is 13.7. The molecule has 2 amide bonds. The molecule has 0 fully saturated rings. The highest BCUT2D eigenvalue weighted by Crippen LogP contribution is 2.35. The molecule has 0 bridgehead atoms. The van der Waals surface area contributed by atoms with Gasteiger partial charge in [0.2, 0.25) is 0 Å². The van der Waals surface area contributed by atoms with Crippen molar-refractivity contribution in [3.05, 3.63) is 59.7 Å². The van der Waals surface area contributed by atoms with Crippen LogP contribution in [0.4, 0.5) is 16.2 Å². The first-order chi connectivity index (χ1) is 15.4. The van der Waals surface area contributed by atoms with E-state index in [0.29, 0.717) is 24.9 Å². The van der Waals surface area contributed by atoms with Crippen molar-refractivity contribution in [3.63, 3.8) is 0 Å². The van der Waals surface area contributed by atoms with Gasteiger partial charge in [0, 0.05) is 44.5 Å². The standard InChI is InChI=1S/C25H33N3O4/c1-4-27(5-2)22-12-10-21(11-13-22)26-23(29)25(28(24(30)31)16-17-32-3)15-14-19-8-6-7-9-20(19)18-25/h6-13H,4-5,14-18H2,1-3H3,(H,26,29)(H,30,31)/t25-/m0/s1. The minimum absolute atomic E-state index is 0.127. The fourth-order valence-corrected chi connectivity index (χ4v) is 4.53. The molecule has 7 heteroatoms. The van der Waals surface area contributed by atoms with Crippen LogP contribution in [0.1, 0.15) is 31.4 Å². The number of hydrogen-bond acceptors (Lipinski definition) is 4. The maximum Gasteiger partial charge on any atom is 0.408 e. The number of benzene rings is 2. The second kappa shape index (κ2) is 10.5. The number of fused-ring (bicyclic) bond motifs is 1. The van der Waals surface area contributed by atoms with Crippen molar-refractivity contribution in [2.24, 2.45) is 0 Å². The SMILES string of the molecule is CCN(CC)c1ccc(NC(=O)[C@]2(N(CCOC)C(=O)O)CCc3ccccc3C2)cc1. The monoisotopic (exact) mass is 439 g/mol. The van der Waals surface area contributed by atoms with Crippen LogP contribution in [0, 0.1) is 0 Å². The number of carbonyl (C=O) groups is 2. The lowest BCUT2D eigenvalue weighted by Crippen LogP contribution is -2.62. The number of anilines is 2. The summed E-state index contributed by atoms with van der Waals surface area (Å²) in [6.45, 7) is 6.36. The summed E-state index contributed by atoms with van der Waals surface area (Å²) in [5.41, 5.74) is 2.71. The molecule has 2 N–H and O–H groups in total. The van der Waals surface area contributed by atoms with Gasteiger partial charge in [-0.1, -0.05) is 24.3 Å². The molecular weight excluding hydrogens is 406 g/mol. The minimum Gasteiger partial charge on any atom is -0.465 e. The lowest BCUT2D eigenvalue weighted by atomic mass is 9.76. The fourth-order valence-electron chi connectivity index (χ4n) is 4.53. The number of nitrogens with zero attached hydrogens (tertiary/aromatic N) is 2. The first kappa shape index (κ1) is 23.6. The van der Waals surface area contributed by atoms with Crippen molar-refractivity contribution < 1.29 is 19.4 Å². The van der Waals surface area contributed by atoms with E-state index < -0.39 is 11.6 Å². The van der Waals surface area contributed by atoms with Crippen LogP contribution in [-0.4, -0.2) is 60.9 Å². The Hall–Kier alpha value is -3.06. The van der Waals surface area contributed by atoms with Gasteiger partial charge in [0.1, 0.15) is 5.54 Å². The molecule has 0 aromatic heterocycles. The van der Waals surface area contributed by atoms with Gasteiger partial charge in [-0.2, -0.15) is 0 Å². The zero-order valence-corrected chi connectivity index (χ0v) is 19.1. The van der Waals surface area contributed by atoms with Crippen LogP contribution in [0.15, 0.2) is 48.5 Å². The van der Waals surface area contributed by atoms with E-state index in [1.165, 1.54) is 12.0 Å². The van der Waals surface area contributed by atoms with E-state index in [-0.39, 0.29) is 19.1 Å². The largest absolute Gasteiger partial charge is 0.465 e. The smallest absolute Gasteiger partial charge is 0.408 e. The molecule has 2 aromatic rings. The zero-order valence-electron chi connectivity index (χ0n) is 19.1. The maximum atomic E-state index is 13.7. The van der Waals surface area contributed by atoms with E-state index in [1.54, 1.807) is 0 Å². The zero-order chi connectivity index (χ0) is 23.1. The van der Waals surface area contributed by atoms with Crippen LogP contribution in [0.5, 0.6) is 0 Å². The Morgan fingerprint density at radius 2 is 1.72 bits per heavy atom. The summed E-state index contributed by atoms with van der Waals surface area (Å²) in [5.74, 6) is -0.305. The average Bonchev–Trinajstić information content (AvgIpc) is 2.80. The number of aryl methyl sites for hydroxylation is 1. The van der Waals surface area contributed by atoms with Gasteiger partial charge in [0.15, 0.2) is 0 Å². The van der Waals surface area contributed by atoms with Crippen molar-refractivity contribution in [2.45, 2.75) is 38.6 Å². The average molecular weight is 440 g/mol. The van der Waals surface area contributed by atoms with Gasteiger partial charge in [-0.25, -0.2) is 4.79 Å². The molecule has 3 rings (SSSR count). The molecule has 0 spiro atoms. The second-order valence-electron chi connectivity index (χ2n) is 8.08. The molecule has 0 saturated heterocycles. The lowest BCUT2D eigenvalue weighted by molar-refractivity contribution is -0.128. The summed E-state index contributed by atoms with van der Waals surface area (Å²) in [6.07, 6.45) is 0.279. The van der Waals surface area contributed by atoms with Crippen molar-refractivity contribution in [1.82, 2.24) is 4.90 Å². The number of ether oxygens (including phenoxy) is 1. The van der Waals surface area contributed by atoms with E-state index in [9.17, 15) is 14.7 Å². The number of carbonyl (C=O) groups excluding carboxylic acids is 1. The van der Waals surface area contributed by atoms with Crippen molar-refractivity contribution in [1.29, 1.82) is 0 Å². The van der Waals surface area contributed by atoms with E-state index in [1.807, 2.05) is 48.5 Å². The van der Waals surface area contributed by atoms with E-state index >= 15 is 0 Å². The quantitative estimate of drug-likeness (QED) is 0.617. The molecule has 2 aromatic carbocycles. The van der Waals surface area contributed by atoms with Crippen molar-refractivity contribution in [3.8, 4) is 0 Å². The van der Waals surface area contributed by atoms with Gasteiger partial charge in [-0.05, 0) is 62.1 Å². The van der Waals surface area contributed by atoms with Gasteiger partial charge in [0.05, 0.1) is 6.61 Å². The van der Waals surface area contributed by atoms with Crippen LogP contribution < -0.4 is 10.2 Å². The summed E-state index contributed by atoms with van der Waals surface area (Å²) >= 11 is 0. The highest BCUT2D eigenvalue weighted by Gasteiger charge is 2.48. The highest BCUT2D eigenvalue weighted by molar-refractivity contribution is 6.00. The highest BCUT2D eigenvalue weighted by atomic mass is 16.5. The number of amides is 2. The number of rotatable bonds is 9. The Kier molecular flexibility index (Phi) is 7.75. The molecule has 1 atom stereocenters. The van der Waals surface area contributed by atoms with Crippen molar-refractivity contribution in [2.75, 3.05) is 43.6 Å². The van der Waals surface area contributed by atoms with Gasteiger partial charge in [-0.15, -0.1) is 0 Å². The van der Waals surface area contributed by atoms with Crippen molar-refractivity contribution >= 4 is 23.4 Å². The number of nitrogens with one attached hydrogen (secondary N) is 1. The number of methoxy groups -OCH3 is 1. The molecule has 0 unspecified atom stereocenters. The summed E-state index contributed by atoms with van der Waals surface area (Å²) in [7, 11) is 1.53. The number of hydrogen-bond donors (Lipinski definition) is 2. The molecule has 0 saturated carbocycles. The Morgan fingerprint density at radius 3 is 2.31 bits per heavy atom. The second-order valence-corrected chi connectivity index (χ2v) is 8.08. The molecule has 0 heterocycles. The van der Waals surface area contributed by atoms with E-state index in [4.69, 9.17) is 4.74 Å². The molecule has 0 radical (unpaired) electrons. The first-order valence-electron chi connectivity index (χ1n) is 11.2. The van der Waals surface area contributed by atoms with Crippen LogP contribution in [0.2, 0.25) is 0 Å². The molecule has 1 aliphatic carbocycles. The van der Waals surface area contributed by atoms with Crippen LogP contribution in [0.25, 0.3) is 0 Å².